The molecule has 2 aromatic heterocycles. The maximum absolute atomic E-state index is 12.3. The number of rotatable bonds is 4. The number of benzene rings is 1. The number of H-pyrrole nitrogens is 1. The number of ketones is 1. The smallest absolute Gasteiger partial charge is 0.298 e. The molecule has 0 atom stereocenters. The zero-order valence-electron chi connectivity index (χ0n) is 12.2. The van der Waals surface area contributed by atoms with Crippen LogP contribution >= 0.6 is 11.3 Å². The second kappa shape index (κ2) is 5.73. The third kappa shape index (κ3) is 2.65. The van der Waals surface area contributed by atoms with E-state index in [1.54, 1.807) is 12.4 Å². The molecular weight excluding hydrogens is 298 g/mol. The van der Waals surface area contributed by atoms with Crippen LogP contribution in [0.4, 0.5) is 5.13 Å². The van der Waals surface area contributed by atoms with Crippen LogP contribution in [0.5, 0.6) is 0 Å². The topological polar surface area (TPSA) is 74.8 Å². The number of carbonyl (C=O) groups is 2. The van der Waals surface area contributed by atoms with Crippen molar-refractivity contribution in [2.45, 2.75) is 19.8 Å². The normalized spacial score (nSPS) is 11.0. The Morgan fingerprint density at radius 3 is 2.77 bits per heavy atom. The van der Waals surface area contributed by atoms with Crippen molar-refractivity contribution in [2.75, 3.05) is 5.32 Å². The number of nitrogens with zero attached hydrogens (tertiary/aromatic N) is 1. The molecular formula is C16H15N3O2S. The van der Waals surface area contributed by atoms with E-state index in [4.69, 9.17) is 0 Å². The number of para-hydroxylation sites is 1. The summed E-state index contributed by atoms with van der Waals surface area (Å²) in [6, 6.07) is 7.38. The highest BCUT2D eigenvalue weighted by molar-refractivity contribution is 7.15. The van der Waals surface area contributed by atoms with E-state index in [1.165, 1.54) is 11.3 Å². The fraction of sp³-hybridized carbons (Fsp3) is 0.188. The minimum atomic E-state index is -0.672. The molecule has 0 bridgehead atoms. The van der Waals surface area contributed by atoms with Crippen molar-refractivity contribution in [3.63, 3.8) is 0 Å². The quantitative estimate of drug-likeness (QED) is 0.571. The minimum Gasteiger partial charge on any atom is -0.360 e. The Labute approximate surface area is 131 Å². The number of Topliss-reactive ketones (excluding diaryl/α,β-unsaturated/α-hetero) is 1. The van der Waals surface area contributed by atoms with Gasteiger partial charge in [-0.05, 0) is 12.0 Å². The molecule has 0 unspecified atom stereocenters. The largest absolute Gasteiger partial charge is 0.360 e. The third-order valence-electron chi connectivity index (χ3n) is 3.35. The number of anilines is 1. The second-order valence-corrected chi connectivity index (χ2v) is 6.32. The summed E-state index contributed by atoms with van der Waals surface area (Å²) >= 11 is 1.38. The van der Waals surface area contributed by atoms with Crippen LogP contribution in [0.15, 0.2) is 36.7 Å². The van der Waals surface area contributed by atoms with Gasteiger partial charge in [0.15, 0.2) is 5.13 Å². The van der Waals surface area contributed by atoms with Gasteiger partial charge in [-0.25, -0.2) is 4.98 Å². The number of aromatic nitrogens is 2. The van der Waals surface area contributed by atoms with E-state index in [9.17, 15) is 9.59 Å². The van der Waals surface area contributed by atoms with E-state index < -0.39 is 11.7 Å². The first kappa shape index (κ1) is 14.5. The average molecular weight is 313 g/mol. The van der Waals surface area contributed by atoms with Crippen molar-refractivity contribution in [2.24, 2.45) is 0 Å². The molecule has 2 heterocycles. The van der Waals surface area contributed by atoms with Gasteiger partial charge in [0.05, 0.1) is 5.56 Å². The van der Waals surface area contributed by atoms with E-state index in [1.807, 2.05) is 24.3 Å². The Hall–Kier alpha value is -2.47. The van der Waals surface area contributed by atoms with Crippen LogP contribution in [-0.4, -0.2) is 21.7 Å². The molecule has 5 nitrogen and oxygen atoms in total. The maximum atomic E-state index is 12.3. The maximum Gasteiger partial charge on any atom is 0.298 e. The molecule has 0 aliphatic rings. The summed E-state index contributed by atoms with van der Waals surface area (Å²) in [6.07, 6.45) is 3.29. The second-order valence-electron chi connectivity index (χ2n) is 5.25. The summed E-state index contributed by atoms with van der Waals surface area (Å²) in [5.41, 5.74) is 1.20. The molecule has 0 radical (unpaired) electrons. The van der Waals surface area contributed by atoms with Gasteiger partial charge < -0.3 is 4.98 Å². The van der Waals surface area contributed by atoms with Crippen molar-refractivity contribution >= 4 is 39.1 Å². The summed E-state index contributed by atoms with van der Waals surface area (Å²) in [6.45, 7) is 4.10. The number of amides is 1. The van der Waals surface area contributed by atoms with Crippen molar-refractivity contribution in [3.8, 4) is 0 Å². The van der Waals surface area contributed by atoms with Gasteiger partial charge in [-0.15, -0.1) is 11.3 Å². The molecule has 22 heavy (non-hydrogen) atoms. The van der Waals surface area contributed by atoms with E-state index in [-0.39, 0.29) is 0 Å². The Balaban J connectivity index is 1.81. The molecule has 0 saturated heterocycles. The fourth-order valence-electron chi connectivity index (χ4n) is 2.15. The Morgan fingerprint density at radius 1 is 1.27 bits per heavy atom. The van der Waals surface area contributed by atoms with Gasteiger partial charge in [0, 0.05) is 28.2 Å². The van der Waals surface area contributed by atoms with Gasteiger partial charge in [-0.2, -0.15) is 0 Å². The molecule has 0 saturated carbocycles. The first-order chi connectivity index (χ1) is 10.6. The number of nitrogens with one attached hydrogen (secondary N) is 2. The van der Waals surface area contributed by atoms with Crippen molar-refractivity contribution in [1.82, 2.24) is 9.97 Å². The van der Waals surface area contributed by atoms with Crippen LogP contribution in [0.2, 0.25) is 0 Å². The molecule has 2 N–H and O–H groups in total. The highest BCUT2D eigenvalue weighted by atomic mass is 32.1. The molecule has 6 heteroatoms. The van der Waals surface area contributed by atoms with Gasteiger partial charge in [0.1, 0.15) is 0 Å². The monoisotopic (exact) mass is 313 g/mol. The van der Waals surface area contributed by atoms with Crippen LogP contribution in [0, 0.1) is 0 Å². The summed E-state index contributed by atoms with van der Waals surface area (Å²) in [4.78, 5) is 32.6. The van der Waals surface area contributed by atoms with E-state index in [0.717, 1.165) is 15.8 Å². The lowest BCUT2D eigenvalue weighted by Crippen LogP contribution is -2.22. The van der Waals surface area contributed by atoms with Gasteiger partial charge in [0.25, 0.3) is 11.7 Å². The fourth-order valence-corrected chi connectivity index (χ4v) is 2.96. The molecule has 3 rings (SSSR count). The van der Waals surface area contributed by atoms with Crippen LogP contribution < -0.4 is 5.32 Å². The predicted molar refractivity (Wildman–Crippen MR) is 87.5 cm³/mol. The van der Waals surface area contributed by atoms with Crippen molar-refractivity contribution in [3.05, 3.63) is 47.1 Å². The molecule has 0 fully saturated rings. The summed E-state index contributed by atoms with van der Waals surface area (Å²) in [5.74, 6) is -0.902. The summed E-state index contributed by atoms with van der Waals surface area (Å²) < 4.78 is 0. The third-order valence-corrected chi connectivity index (χ3v) is 4.57. The minimum absolute atomic E-state index is 0.340. The first-order valence-electron chi connectivity index (χ1n) is 6.94. The van der Waals surface area contributed by atoms with Gasteiger partial charge in [0.2, 0.25) is 0 Å². The van der Waals surface area contributed by atoms with Crippen LogP contribution in [-0.2, 0) is 4.79 Å². The molecule has 0 spiro atoms. The highest BCUT2D eigenvalue weighted by Gasteiger charge is 2.21. The molecule has 3 aromatic rings. The Morgan fingerprint density at radius 2 is 2.05 bits per heavy atom. The number of aromatic amines is 1. The number of hydrogen-bond acceptors (Lipinski definition) is 4. The number of hydrogen-bond donors (Lipinski definition) is 2. The molecule has 112 valence electrons. The van der Waals surface area contributed by atoms with E-state index in [0.29, 0.717) is 16.6 Å². The lowest BCUT2D eigenvalue weighted by atomic mass is 10.1. The number of fused-ring (bicyclic) bond motifs is 1. The number of carbonyl (C=O) groups excluding carboxylic acids is 2. The van der Waals surface area contributed by atoms with Crippen LogP contribution in [0.3, 0.4) is 0 Å². The lowest BCUT2D eigenvalue weighted by molar-refractivity contribution is -0.112. The first-order valence-corrected chi connectivity index (χ1v) is 7.75. The lowest BCUT2D eigenvalue weighted by Gasteiger charge is -2.00. The zero-order chi connectivity index (χ0) is 15.7. The van der Waals surface area contributed by atoms with Gasteiger partial charge in [-0.1, -0.05) is 32.0 Å². The Bertz CT molecular complexity index is 848. The zero-order valence-corrected chi connectivity index (χ0v) is 13.0. The summed E-state index contributed by atoms with van der Waals surface area (Å²) in [5, 5.41) is 3.76. The molecule has 0 aliphatic carbocycles. The average Bonchev–Trinajstić information content (AvgIpc) is 3.13. The number of thiazole rings is 1. The standard InChI is InChI=1S/C16H15N3O2S/c1-9(2)13-8-18-16(22-13)19-15(21)14(20)11-7-17-12-6-4-3-5-10(11)12/h3-9,17H,1-2H3,(H,18,19,21). The highest BCUT2D eigenvalue weighted by Crippen LogP contribution is 2.25. The summed E-state index contributed by atoms with van der Waals surface area (Å²) in [7, 11) is 0. The predicted octanol–water partition coefficient (Wildman–Crippen LogP) is 3.57. The van der Waals surface area contributed by atoms with Crippen LogP contribution in [0.25, 0.3) is 10.9 Å². The van der Waals surface area contributed by atoms with Crippen molar-refractivity contribution in [1.29, 1.82) is 0 Å². The molecule has 1 amide bonds. The van der Waals surface area contributed by atoms with E-state index >= 15 is 0 Å². The van der Waals surface area contributed by atoms with Crippen molar-refractivity contribution < 1.29 is 9.59 Å². The Kier molecular flexibility index (Phi) is 3.77. The van der Waals surface area contributed by atoms with Gasteiger partial charge in [-0.3, -0.25) is 14.9 Å². The molecule has 0 aliphatic heterocycles. The van der Waals surface area contributed by atoms with Gasteiger partial charge >= 0.3 is 0 Å². The molecule has 1 aromatic carbocycles. The SMILES string of the molecule is CC(C)c1cnc(NC(=O)C(=O)c2c[nH]c3ccccc23)s1. The van der Waals surface area contributed by atoms with Crippen LogP contribution in [0.1, 0.15) is 35.0 Å². The van der Waals surface area contributed by atoms with E-state index in [2.05, 4.69) is 29.1 Å².